The van der Waals surface area contributed by atoms with E-state index < -0.39 is 0 Å². The second kappa shape index (κ2) is 4.03. The molecule has 1 aliphatic heterocycles. The van der Waals surface area contributed by atoms with Crippen molar-refractivity contribution in [2.45, 2.75) is 6.92 Å². The smallest absolute Gasteiger partial charge is 0.120 e. The molecular formula is C12H14N2OS. The molecule has 0 radical (unpaired) electrons. The molecule has 2 aromatic rings. The van der Waals surface area contributed by atoms with Gasteiger partial charge in [-0.05, 0) is 36.7 Å². The molecule has 1 fully saturated rings. The third kappa shape index (κ3) is 1.79. The van der Waals surface area contributed by atoms with E-state index in [1.54, 1.807) is 11.5 Å². The summed E-state index contributed by atoms with van der Waals surface area (Å²) < 4.78 is 11.3. The summed E-state index contributed by atoms with van der Waals surface area (Å²) in [6.45, 7) is 5.02. The van der Waals surface area contributed by atoms with Crippen LogP contribution in [0.3, 0.4) is 0 Å². The largest absolute Gasteiger partial charge is 0.493 e. The number of ether oxygens (including phenoxy) is 1. The van der Waals surface area contributed by atoms with Crippen LogP contribution in [0.1, 0.15) is 5.69 Å². The predicted molar refractivity (Wildman–Crippen MR) is 66.2 cm³/mol. The zero-order valence-corrected chi connectivity index (χ0v) is 10.0. The number of nitrogens with zero attached hydrogens (tertiary/aromatic N) is 1. The highest BCUT2D eigenvalue weighted by molar-refractivity contribution is 7.13. The Labute approximate surface area is 98.6 Å². The molecule has 3 rings (SSSR count). The quantitative estimate of drug-likeness (QED) is 0.884. The lowest BCUT2D eigenvalue weighted by atomic mass is 10.1. The molecule has 0 unspecified atom stereocenters. The number of aromatic nitrogens is 1. The Morgan fingerprint density at radius 2 is 2.38 bits per heavy atom. The maximum Gasteiger partial charge on any atom is 0.120 e. The van der Waals surface area contributed by atoms with Gasteiger partial charge in [-0.15, -0.1) is 0 Å². The van der Waals surface area contributed by atoms with Crippen LogP contribution in [0, 0.1) is 12.8 Å². The summed E-state index contributed by atoms with van der Waals surface area (Å²) in [6, 6.07) is 6.22. The monoisotopic (exact) mass is 234 g/mol. The maximum atomic E-state index is 5.78. The van der Waals surface area contributed by atoms with Crippen LogP contribution in [-0.4, -0.2) is 24.1 Å². The number of hydrogen-bond donors (Lipinski definition) is 1. The molecule has 1 aliphatic rings. The zero-order chi connectivity index (χ0) is 11.0. The number of fused-ring (bicyclic) bond motifs is 1. The Morgan fingerprint density at radius 1 is 1.50 bits per heavy atom. The van der Waals surface area contributed by atoms with Crippen LogP contribution in [0.2, 0.25) is 0 Å². The number of hydrogen-bond acceptors (Lipinski definition) is 4. The third-order valence-corrected chi connectivity index (χ3v) is 3.89. The van der Waals surface area contributed by atoms with Gasteiger partial charge in [-0.25, -0.2) is 0 Å². The van der Waals surface area contributed by atoms with Crippen LogP contribution >= 0.6 is 11.5 Å². The van der Waals surface area contributed by atoms with Gasteiger partial charge in [0.1, 0.15) is 5.75 Å². The molecule has 16 heavy (non-hydrogen) atoms. The van der Waals surface area contributed by atoms with Crippen molar-refractivity contribution in [1.29, 1.82) is 0 Å². The first-order chi connectivity index (χ1) is 7.83. The van der Waals surface area contributed by atoms with Crippen molar-refractivity contribution in [2.24, 2.45) is 5.92 Å². The van der Waals surface area contributed by atoms with Crippen molar-refractivity contribution < 1.29 is 4.74 Å². The van der Waals surface area contributed by atoms with Gasteiger partial charge in [0.2, 0.25) is 0 Å². The van der Waals surface area contributed by atoms with E-state index in [-0.39, 0.29) is 0 Å². The maximum absolute atomic E-state index is 5.78. The molecule has 1 saturated heterocycles. The van der Waals surface area contributed by atoms with Gasteiger partial charge in [0, 0.05) is 24.4 Å². The second-order valence-corrected chi connectivity index (χ2v) is 5.07. The van der Waals surface area contributed by atoms with Crippen LogP contribution in [0.5, 0.6) is 5.75 Å². The highest BCUT2D eigenvalue weighted by atomic mass is 32.1. The minimum Gasteiger partial charge on any atom is -0.493 e. The molecule has 0 aliphatic carbocycles. The van der Waals surface area contributed by atoms with Crippen molar-refractivity contribution in [2.75, 3.05) is 19.7 Å². The number of rotatable bonds is 3. The molecule has 0 saturated carbocycles. The van der Waals surface area contributed by atoms with Gasteiger partial charge >= 0.3 is 0 Å². The zero-order valence-electron chi connectivity index (χ0n) is 9.19. The molecule has 0 spiro atoms. The third-order valence-electron chi connectivity index (χ3n) is 2.97. The van der Waals surface area contributed by atoms with Gasteiger partial charge in [-0.2, -0.15) is 4.37 Å². The molecule has 1 aromatic carbocycles. The van der Waals surface area contributed by atoms with E-state index >= 15 is 0 Å². The Bertz CT molecular complexity index is 505. The molecular weight excluding hydrogens is 220 g/mol. The lowest BCUT2D eigenvalue weighted by Crippen LogP contribution is -2.45. The minimum atomic E-state index is 0.678. The summed E-state index contributed by atoms with van der Waals surface area (Å²) in [4.78, 5) is 0. The molecule has 2 heterocycles. The molecule has 4 heteroatoms. The van der Waals surface area contributed by atoms with E-state index in [0.717, 1.165) is 31.1 Å². The fourth-order valence-corrected chi connectivity index (χ4v) is 2.58. The predicted octanol–water partition coefficient (Wildman–Crippen LogP) is 2.20. The van der Waals surface area contributed by atoms with Crippen molar-refractivity contribution in [3.05, 3.63) is 23.9 Å². The van der Waals surface area contributed by atoms with Crippen LogP contribution in [0.4, 0.5) is 0 Å². The fourth-order valence-electron chi connectivity index (χ4n) is 1.81. The summed E-state index contributed by atoms with van der Waals surface area (Å²) >= 11 is 1.55. The highest BCUT2D eigenvalue weighted by Crippen LogP contribution is 2.26. The summed E-state index contributed by atoms with van der Waals surface area (Å²) in [7, 11) is 0. The van der Waals surface area contributed by atoms with Gasteiger partial charge in [0.05, 0.1) is 17.0 Å². The van der Waals surface area contributed by atoms with Gasteiger partial charge in [-0.1, -0.05) is 0 Å². The van der Waals surface area contributed by atoms with E-state index in [2.05, 4.69) is 21.8 Å². The van der Waals surface area contributed by atoms with Crippen molar-refractivity contribution in [3.63, 3.8) is 0 Å². The number of benzene rings is 1. The van der Waals surface area contributed by atoms with Crippen LogP contribution in [0.15, 0.2) is 18.2 Å². The average molecular weight is 234 g/mol. The topological polar surface area (TPSA) is 34.1 Å². The van der Waals surface area contributed by atoms with E-state index in [1.165, 1.54) is 10.1 Å². The van der Waals surface area contributed by atoms with E-state index in [0.29, 0.717) is 5.92 Å². The standard InChI is InChI=1S/C12H14N2OS/c1-8-11-4-10(2-3-12(11)16-14-8)15-7-9-5-13-6-9/h2-4,9,13H,5-7H2,1H3. The lowest BCUT2D eigenvalue weighted by molar-refractivity contribution is 0.199. The molecule has 0 atom stereocenters. The van der Waals surface area contributed by atoms with Crippen molar-refractivity contribution in [3.8, 4) is 5.75 Å². The number of aryl methyl sites for hydroxylation is 1. The number of nitrogens with one attached hydrogen (secondary N) is 1. The van der Waals surface area contributed by atoms with Crippen molar-refractivity contribution >= 4 is 21.6 Å². The molecule has 84 valence electrons. The Kier molecular flexibility index (Phi) is 2.53. The first-order valence-corrected chi connectivity index (χ1v) is 6.30. The molecule has 0 amide bonds. The van der Waals surface area contributed by atoms with Crippen LogP contribution in [0.25, 0.3) is 10.1 Å². The molecule has 3 nitrogen and oxygen atoms in total. The Morgan fingerprint density at radius 3 is 3.12 bits per heavy atom. The first kappa shape index (κ1) is 10.1. The van der Waals surface area contributed by atoms with Crippen LogP contribution < -0.4 is 10.1 Å². The average Bonchev–Trinajstić information content (AvgIpc) is 2.58. The van der Waals surface area contributed by atoms with E-state index in [1.807, 2.05) is 13.0 Å². The SMILES string of the molecule is Cc1nsc2ccc(OCC3CNC3)cc12. The fraction of sp³-hybridized carbons (Fsp3) is 0.417. The Hall–Kier alpha value is -1.13. The summed E-state index contributed by atoms with van der Waals surface area (Å²) in [5, 5.41) is 4.46. The summed E-state index contributed by atoms with van der Waals surface area (Å²) in [5.41, 5.74) is 1.09. The summed E-state index contributed by atoms with van der Waals surface area (Å²) in [6.07, 6.45) is 0. The first-order valence-electron chi connectivity index (χ1n) is 5.52. The van der Waals surface area contributed by atoms with Crippen molar-refractivity contribution in [1.82, 2.24) is 9.69 Å². The lowest BCUT2D eigenvalue weighted by Gasteiger charge is -2.26. The van der Waals surface area contributed by atoms with Gasteiger partial charge < -0.3 is 10.1 Å². The van der Waals surface area contributed by atoms with Crippen LogP contribution in [-0.2, 0) is 0 Å². The normalized spacial score (nSPS) is 16.3. The van der Waals surface area contributed by atoms with Gasteiger partial charge in [0.15, 0.2) is 0 Å². The minimum absolute atomic E-state index is 0.678. The Balaban J connectivity index is 1.78. The molecule has 1 N–H and O–H groups in total. The van der Waals surface area contributed by atoms with Gasteiger partial charge in [-0.3, -0.25) is 0 Å². The second-order valence-electron chi connectivity index (χ2n) is 4.26. The highest BCUT2D eigenvalue weighted by Gasteiger charge is 2.17. The molecule has 0 bridgehead atoms. The molecule has 1 aromatic heterocycles. The van der Waals surface area contributed by atoms with E-state index in [9.17, 15) is 0 Å². The van der Waals surface area contributed by atoms with E-state index in [4.69, 9.17) is 4.74 Å². The van der Waals surface area contributed by atoms with Gasteiger partial charge in [0.25, 0.3) is 0 Å². The summed E-state index contributed by atoms with van der Waals surface area (Å²) in [5.74, 6) is 1.64.